The van der Waals surface area contributed by atoms with Gasteiger partial charge in [0.1, 0.15) is 6.04 Å². The highest BCUT2D eigenvalue weighted by Gasteiger charge is 2.17. The van der Waals surface area contributed by atoms with Crippen LogP contribution in [-0.2, 0) is 9.59 Å². The van der Waals surface area contributed by atoms with Gasteiger partial charge in [0.15, 0.2) is 0 Å². The van der Waals surface area contributed by atoms with Gasteiger partial charge in [-0.05, 0) is 19.6 Å². The maximum atomic E-state index is 11.5. The third-order valence-electron chi connectivity index (χ3n) is 1.94. The summed E-state index contributed by atoms with van der Waals surface area (Å²) in [5.41, 5.74) is 0. The predicted molar refractivity (Wildman–Crippen MR) is 59.4 cm³/mol. The van der Waals surface area contributed by atoms with E-state index >= 15 is 0 Å². The first-order chi connectivity index (χ1) is 6.52. The van der Waals surface area contributed by atoms with E-state index in [4.69, 9.17) is 0 Å². The van der Waals surface area contributed by atoms with Crippen molar-refractivity contribution in [3.63, 3.8) is 0 Å². The zero-order chi connectivity index (χ0) is 11.1. The highest BCUT2D eigenvalue weighted by molar-refractivity contribution is 7.80. The number of hydrogen-bond acceptors (Lipinski definition) is 3. The fourth-order valence-electron chi connectivity index (χ4n) is 0.963. The lowest BCUT2D eigenvalue weighted by molar-refractivity contribution is -0.134. The molecule has 0 aromatic heterocycles. The summed E-state index contributed by atoms with van der Waals surface area (Å²) in [5.74, 6) is 0.293. The Hall–Kier alpha value is -0.710. The molecule has 0 rings (SSSR count). The molecule has 0 saturated carbocycles. The zero-order valence-corrected chi connectivity index (χ0v) is 9.80. The number of rotatable bonds is 5. The minimum Gasteiger partial charge on any atom is -0.345 e. The fourth-order valence-corrected chi connectivity index (χ4v) is 1.17. The molecular formula is C9H18N2O2S. The van der Waals surface area contributed by atoms with Gasteiger partial charge in [-0.25, -0.2) is 0 Å². The van der Waals surface area contributed by atoms with Crippen molar-refractivity contribution < 1.29 is 9.59 Å². The molecule has 1 unspecified atom stereocenters. The molecule has 0 spiro atoms. The summed E-state index contributed by atoms with van der Waals surface area (Å²) in [6.45, 7) is 4.22. The molecule has 0 aromatic carbocycles. The molecule has 4 nitrogen and oxygen atoms in total. The van der Waals surface area contributed by atoms with E-state index in [-0.39, 0.29) is 11.8 Å². The number of carbonyl (C=O) groups excluding carboxylic acids is 2. The van der Waals surface area contributed by atoms with Crippen molar-refractivity contribution in [2.24, 2.45) is 0 Å². The fraction of sp³-hybridized carbons (Fsp3) is 0.778. The molecule has 0 heterocycles. The lowest BCUT2D eigenvalue weighted by Gasteiger charge is -2.20. The molecule has 0 radical (unpaired) electrons. The minimum atomic E-state index is -0.452. The van der Waals surface area contributed by atoms with Gasteiger partial charge in [-0.2, -0.15) is 12.6 Å². The summed E-state index contributed by atoms with van der Waals surface area (Å²) in [7, 11) is 1.71. The Morgan fingerprint density at radius 1 is 1.50 bits per heavy atom. The summed E-state index contributed by atoms with van der Waals surface area (Å²) in [5, 5.41) is 2.62. The van der Waals surface area contributed by atoms with Gasteiger partial charge in [0.2, 0.25) is 11.8 Å². The quantitative estimate of drug-likeness (QED) is 0.652. The highest BCUT2D eigenvalue weighted by atomic mass is 32.1. The maximum Gasteiger partial charge on any atom is 0.244 e. The first kappa shape index (κ1) is 13.3. The van der Waals surface area contributed by atoms with Crippen molar-refractivity contribution in [1.29, 1.82) is 0 Å². The van der Waals surface area contributed by atoms with Crippen LogP contribution < -0.4 is 5.32 Å². The average Bonchev–Trinajstić information content (AvgIpc) is 2.15. The Labute approximate surface area is 90.4 Å². The van der Waals surface area contributed by atoms with Crippen LogP contribution in [0.15, 0.2) is 0 Å². The third-order valence-corrected chi connectivity index (χ3v) is 2.16. The van der Waals surface area contributed by atoms with Gasteiger partial charge in [0.25, 0.3) is 0 Å². The van der Waals surface area contributed by atoms with Crippen molar-refractivity contribution in [3.8, 4) is 0 Å². The van der Waals surface area contributed by atoms with Crippen molar-refractivity contribution in [3.05, 3.63) is 0 Å². The van der Waals surface area contributed by atoms with Crippen LogP contribution in [-0.4, -0.2) is 42.1 Å². The van der Waals surface area contributed by atoms with Gasteiger partial charge in [0, 0.05) is 20.0 Å². The van der Waals surface area contributed by atoms with E-state index in [1.165, 1.54) is 0 Å². The van der Waals surface area contributed by atoms with Crippen LogP contribution in [0.25, 0.3) is 0 Å². The molecule has 0 aliphatic carbocycles. The number of nitrogens with one attached hydrogen (secondary N) is 1. The van der Waals surface area contributed by atoms with Crippen molar-refractivity contribution in [1.82, 2.24) is 10.2 Å². The number of nitrogens with zero attached hydrogens (tertiary/aromatic N) is 1. The van der Waals surface area contributed by atoms with Crippen LogP contribution in [0.4, 0.5) is 0 Å². The summed E-state index contributed by atoms with van der Waals surface area (Å²) in [6.07, 6.45) is 0.344. The van der Waals surface area contributed by atoms with Gasteiger partial charge in [-0.15, -0.1) is 0 Å². The number of carbonyl (C=O) groups is 2. The summed E-state index contributed by atoms with van der Waals surface area (Å²) >= 11 is 3.94. The summed E-state index contributed by atoms with van der Waals surface area (Å²) < 4.78 is 0. The summed E-state index contributed by atoms with van der Waals surface area (Å²) in [6, 6.07) is -0.452. The van der Waals surface area contributed by atoms with Crippen LogP contribution >= 0.6 is 12.6 Å². The Morgan fingerprint density at radius 2 is 2.07 bits per heavy atom. The summed E-state index contributed by atoms with van der Waals surface area (Å²) in [4.78, 5) is 24.2. The van der Waals surface area contributed by atoms with E-state index in [1.54, 1.807) is 18.9 Å². The van der Waals surface area contributed by atoms with Gasteiger partial charge in [-0.3, -0.25) is 9.59 Å². The van der Waals surface area contributed by atoms with Crippen LogP contribution in [0.1, 0.15) is 20.3 Å². The molecule has 14 heavy (non-hydrogen) atoms. The highest BCUT2D eigenvalue weighted by Crippen LogP contribution is 1.93. The molecule has 1 N–H and O–H groups in total. The van der Waals surface area contributed by atoms with E-state index in [0.717, 1.165) is 0 Å². The maximum absolute atomic E-state index is 11.5. The van der Waals surface area contributed by atoms with Gasteiger partial charge in [-0.1, -0.05) is 0 Å². The van der Waals surface area contributed by atoms with E-state index in [0.29, 0.717) is 18.7 Å². The van der Waals surface area contributed by atoms with Gasteiger partial charge < -0.3 is 10.2 Å². The lowest BCUT2D eigenvalue weighted by Crippen LogP contribution is -2.45. The molecule has 2 amide bonds. The SMILES string of the molecule is CCN(C)C(=O)C(C)NC(=O)CCS. The van der Waals surface area contributed by atoms with E-state index in [1.807, 2.05) is 6.92 Å². The largest absolute Gasteiger partial charge is 0.345 e. The van der Waals surface area contributed by atoms with E-state index < -0.39 is 6.04 Å². The molecule has 0 bridgehead atoms. The van der Waals surface area contributed by atoms with Gasteiger partial charge >= 0.3 is 0 Å². The second kappa shape index (κ2) is 6.70. The van der Waals surface area contributed by atoms with Crippen molar-refractivity contribution >= 4 is 24.4 Å². The molecular weight excluding hydrogens is 200 g/mol. The van der Waals surface area contributed by atoms with E-state index in [2.05, 4.69) is 17.9 Å². The van der Waals surface area contributed by atoms with E-state index in [9.17, 15) is 9.59 Å². The molecule has 0 aliphatic heterocycles. The van der Waals surface area contributed by atoms with Crippen LogP contribution in [0, 0.1) is 0 Å². The number of thiol groups is 1. The predicted octanol–water partition coefficient (Wildman–Crippen LogP) is 0.289. The second-order valence-corrected chi connectivity index (χ2v) is 3.56. The number of amides is 2. The Kier molecular flexibility index (Phi) is 6.36. The topological polar surface area (TPSA) is 49.4 Å². The molecule has 0 saturated heterocycles. The van der Waals surface area contributed by atoms with Crippen LogP contribution in [0.5, 0.6) is 0 Å². The van der Waals surface area contributed by atoms with Crippen molar-refractivity contribution in [2.75, 3.05) is 19.3 Å². The zero-order valence-electron chi connectivity index (χ0n) is 8.91. The third kappa shape index (κ3) is 4.50. The Morgan fingerprint density at radius 3 is 2.50 bits per heavy atom. The lowest BCUT2D eigenvalue weighted by atomic mass is 10.3. The molecule has 0 aliphatic rings. The van der Waals surface area contributed by atoms with Crippen LogP contribution in [0.3, 0.4) is 0 Å². The second-order valence-electron chi connectivity index (χ2n) is 3.12. The molecule has 82 valence electrons. The number of hydrogen-bond donors (Lipinski definition) is 2. The number of likely N-dealkylation sites (N-methyl/N-ethyl adjacent to an activating group) is 1. The standard InChI is InChI=1S/C9H18N2O2S/c1-4-11(3)9(13)7(2)10-8(12)5-6-14/h7,14H,4-6H2,1-3H3,(H,10,12). The van der Waals surface area contributed by atoms with Gasteiger partial charge in [0.05, 0.1) is 0 Å². The Balaban J connectivity index is 4.01. The van der Waals surface area contributed by atoms with Crippen molar-refractivity contribution in [2.45, 2.75) is 26.3 Å². The van der Waals surface area contributed by atoms with Crippen LogP contribution in [0.2, 0.25) is 0 Å². The average molecular weight is 218 g/mol. The first-order valence-electron chi connectivity index (χ1n) is 4.68. The Bertz CT molecular complexity index is 209. The molecule has 0 fully saturated rings. The first-order valence-corrected chi connectivity index (χ1v) is 5.31. The molecule has 5 heteroatoms. The minimum absolute atomic E-state index is 0.0694. The molecule has 1 atom stereocenters. The molecule has 0 aromatic rings. The smallest absolute Gasteiger partial charge is 0.244 e. The monoisotopic (exact) mass is 218 g/mol. The normalized spacial score (nSPS) is 12.0.